The molecule has 0 aliphatic carbocycles. The minimum absolute atomic E-state index is 0. The molecule has 0 amide bonds. The quantitative estimate of drug-likeness (QED) is 0.317. The van der Waals surface area contributed by atoms with Crippen molar-refractivity contribution in [1.82, 2.24) is 0 Å². The van der Waals surface area contributed by atoms with Crippen molar-refractivity contribution < 1.29 is 36.2 Å². The first-order chi connectivity index (χ1) is 13.6. The van der Waals surface area contributed by atoms with Gasteiger partial charge in [0.05, 0.1) is 39.5 Å². The molecular formula is C22H28N2NiO4. The van der Waals surface area contributed by atoms with Gasteiger partial charge in [0.2, 0.25) is 0 Å². The average molecular weight is 443 g/mol. The van der Waals surface area contributed by atoms with Crippen molar-refractivity contribution in [3.05, 3.63) is 58.7 Å². The molecule has 29 heavy (non-hydrogen) atoms. The number of hydrogen-bond acceptors (Lipinski definition) is 6. The van der Waals surface area contributed by atoms with Crippen LogP contribution in [0.5, 0.6) is 11.5 Å². The molecule has 2 aromatic carbocycles. The maximum Gasteiger partial charge on any atom is 0.127 e. The number of aliphatic imine (C=N–C) groups is 2. The van der Waals surface area contributed by atoms with Gasteiger partial charge in [0.25, 0.3) is 0 Å². The number of benzene rings is 2. The molecule has 160 valence electrons. The molecule has 2 aromatic rings. The van der Waals surface area contributed by atoms with Gasteiger partial charge in [-0.15, -0.1) is 0 Å². The van der Waals surface area contributed by atoms with Gasteiger partial charge in [-0.2, -0.15) is 0 Å². The molecule has 0 fully saturated rings. The molecular weight excluding hydrogens is 415 g/mol. The summed E-state index contributed by atoms with van der Waals surface area (Å²) in [6, 6.07) is 11.1. The largest absolute Gasteiger partial charge is 0.507 e. The van der Waals surface area contributed by atoms with Crippen LogP contribution in [0.4, 0.5) is 0 Å². The Balaban J connectivity index is 0.00000420. The van der Waals surface area contributed by atoms with Gasteiger partial charge in [-0.25, -0.2) is 0 Å². The summed E-state index contributed by atoms with van der Waals surface area (Å²) in [6.45, 7) is 6.74. The van der Waals surface area contributed by atoms with E-state index < -0.39 is 0 Å². The van der Waals surface area contributed by atoms with E-state index in [1.54, 1.807) is 12.4 Å². The molecule has 0 saturated carbocycles. The maximum atomic E-state index is 9.89. The summed E-state index contributed by atoms with van der Waals surface area (Å²) < 4.78 is 10.9. The zero-order chi connectivity index (χ0) is 20.2. The summed E-state index contributed by atoms with van der Waals surface area (Å²) in [5.74, 6) is 0.529. The van der Waals surface area contributed by atoms with Crippen molar-refractivity contribution in [3.8, 4) is 11.5 Å². The first kappa shape index (κ1) is 24.8. The monoisotopic (exact) mass is 442 g/mol. The fraction of sp³-hybridized carbons (Fsp3) is 0.364. The number of phenols is 2. The number of hydrogen-bond donors (Lipinski definition) is 2. The van der Waals surface area contributed by atoms with Gasteiger partial charge in [-0.3, -0.25) is 9.98 Å². The minimum Gasteiger partial charge on any atom is -0.507 e. The molecule has 0 aliphatic heterocycles. The standard InChI is InChI=1S/C22H28N2O4.Ni/c1-17-5-3-7-19(21(17)25)15-23-9-11-27-13-14-28-12-10-24-16-20-8-4-6-18(2)22(20)26;/h3-8,15-16,25-26H,9-14H2,1-2H3;. The molecule has 6 nitrogen and oxygen atoms in total. The minimum atomic E-state index is 0. The van der Waals surface area contributed by atoms with E-state index in [1.807, 2.05) is 50.2 Å². The molecule has 0 aliphatic rings. The SMILES string of the molecule is Cc1cccc(C=NCCOCCOCCN=Cc2cccc(C)c2O)c1O.[Ni]. The molecule has 0 bridgehead atoms. The number of aromatic hydroxyl groups is 2. The van der Waals surface area contributed by atoms with Gasteiger partial charge in [-0.1, -0.05) is 24.3 Å². The summed E-state index contributed by atoms with van der Waals surface area (Å²) >= 11 is 0. The van der Waals surface area contributed by atoms with E-state index in [-0.39, 0.29) is 28.0 Å². The van der Waals surface area contributed by atoms with Gasteiger partial charge < -0.3 is 19.7 Å². The van der Waals surface area contributed by atoms with Crippen LogP contribution in [-0.4, -0.2) is 62.2 Å². The second-order valence-corrected chi connectivity index (χ2v) is 6.32. The number of para-hydroxylation sites is 2. The molecule has 0 saturated heterocycles. The summed E-state index contributed by atoms with van der Waals surface area (Å²) in [4.78, 5) is 8.51. The van der Waals surface area contributed by atoms with Crippen LogP contribution >= 0.6 is 0 Å². The Kier molecular flexibility index (Phi) is 11.9. The Morgan fingerprint density at radius 2 is 1.14 bits per heavy atom. The molecule has 0 heterocycles. The number of aryl methyl sites for hydroxylation is 2. The fourth-order valence-corrected chi connectivity index (χ4v) is 2.45. The van der Waals surface area contributed by atoms with E-state index >= 15 is 0 Å². The Bertz CT molecular complexity index is 742. The molecule has 7 heteroatoms. The van der Waals surface area contributed by atoms with Crippen LogP contribution in [-0.2, 0) is 26.0 Å². The first-order valence-electron chi connectivity index (χ1n) is 9.32. The van der Waals surface area contributed by atoms with Crippen LogP contribution in [0.1, 0.15) is 22.3 Å². The Labute approximate surface area is 182 Å². The third-order valence-electron chi connectivity index (χ3n) is 4.10. The number of rotatable bonds is 11. The Morgan fingerprint density at radius 1 is 0.724 bits per heavy atom. The predicted octanol–water partition coefficient (Wildman–Crippen LogP) is 3.28. The van der Waals surface area contributed by atoms with Crippen molar-refractivity contribution >= 4 is 12.4 Å². The Morgan fingerprint density at radius 3 is 1.55 bits per heavy atom. The van der Waals surface area contributed by atoms with Crippen molar-refractivity contribution in [2.45, 2.75) is 13.8 Å². The third kappa shape index (κ3) is 8.77. The van der Waals surface area contributed by atoms with Crippen LogP contribution in [0.25, 0.3) is 0 Å². The molecule has 0 aromatic heterocycles. The van der Waals surface area contributed by atoms with E-state index in [4.69, 9.17) is 9.47 Å². The second-order valence-electron chi connectivity index (χ2n) is 6.32. The maximum absolute atomic E-state index is 9.89. The van der Waals surface area contributed by atoms with Crippen molar-refractivity contribution in [2.75, 3.05) is 39.5 Å². The zero-order valence-corrected chi connectivity index (χ0v) is 17.8. The summed E-state index contributed by atoms with van der Waals surface area (Å²) in [5.41, 5.74) is 3.08. The molecule has 0 radical (unpaired) electrons. The summed E-state index contributed by atoms with van der Waals surface area (Å²) in [5, 5.41) is 19.8. The molecule has 0 unspecified atom stereocenters. The summed E-state index contributed by atoms with van der Waals surface area (Å²) in [6.07, 6.45) is 3.32. The second kappa shape index (κ2) is 13.9. The van der Waals surface area contributed by atoms with Gasteiger partial charge in [-0.05, 0) is 37.1 Å². The van der Waals surface area contributed by atoms with Gasteiger partial charge in [0.15, 0.2) is 0 Å². The fourth-order valence-electron chi connectivity index (χ4n) is 2.45. The zero-order valence-electron chi connectivity index (χ0n) is 16.8. The summed E-state index contributed by atoms with van der Waals surface area (Å²) in [7, 11) is 0. The van der Waals surface area contributed by atoms with Gasteiger partial charge in [0, 0.05) is 40.0 Å². The average Bonchev–Trinajstić information content (AvgIpc) is 2.69. The predicted molar refractivity (Wildman–Crippen MR) is 112 cm³/mol. The van der Waals surface area contributed by atoms with Crippen LogP contribution in [0.2, 0.25) is 0 Å². The topological polar surface area (TPSA) is 83.6 Å². The van der Waals surface area contributed by atoms with E-state index in [0.717, 1.165) is 11.1 Å². The van der Waals surface area contributed by atoms with Crippen molar-refractivity contribution in [1.29, 1.82) is 0 Å². The van der Waals surface area contributed by atoms with Crippen LogP contribution in [0.15, 0.2) is 46.4 Å². The van der Waals surface area contributed by atoms with E-state index in [9.17, 15) is 10.2 Å². The van der Waals surface area contributed by atoms with E-state index in [1.165, 1.54) is 0 Å². The van der Waals surface area contributed by atoms with Crippen molar-refractivity contribution in [2.24, 2.45) is 9.98 Å². The van der Waals surface area contributed by atoms with Crippen LogP contribution in [0.3, 0.4) is 0 Å². The van der Waals surface area contributed by atoms with E-state index in [0.29, 0.717) is 50.6 Å². The molecule has 2 N–H and O–H groups in total. The van der Waals surface area contributed by atoms with E-state index in [2.05, 4.69) is 9.98 Å². The smallest absolute Gasteiger partial charge is 0.127 e. The Hall–Kier alpha value is -2.21. The van der Waals surface area contributed by atoms with Gasteiger partial charge in [0.1, 0.15) is 11.5 Å². The normalized spacial score (nSPS) is 11.2. The molecule has 0 spiro atoms. The molecule has 0 atom stereocenters. The van der Waals surface area contributed by atoms with Crippen LogP contribution in [0, 0.1) is 13.8 Å². The number of ether oxygens (including phenoxy) is 2. The number of phenolic OH excluding ortho intramolecular Hbond substituents is 2. The van der Waals surface area contributed by atoms with Crippen LogP contribution < -0.4 is 0 Å². The first-order valence-corrected chi connectivity index (χ1v) is 9.32. The van der Waals surface area contributed by atoms with Gasteiger partial charge >= 0.3 is 0 Å². The number of nitrogens with zero attached hydrogens (tertiary/aromatic N) is 2. The molecule has 2 rings (SSSR count). The third-order valence-corrected chi connectivity index (χ3v) is 4.10. The van der Waals surface area contributed by atoms with Crippen molar-refractivity contribution in [3.63, 3.8) is 0 Å².